The van der Waals surface area contributed by atoms with Crippen LogP contribution in [0, 0.1) is 0 Å². The molecule has 0 fully saturated rings. The Labute approximate surface area is 262 Å². The first kappa shape index (κ1) is 24.4. The highest BCUT2D eigenvalue weighted by Crippen LogP contribution is 2.49. The third-order valence-electron chi connectivity index (χ3n) is 9.28. The minimum atomic E-state index is 1.30. The van der Waals surface area contributed by atoms with Crippen molar-refractivity contribution in [3.63, 3.8) is 0 Å². The Bertz CT molecular complexity index is 2580. The third-order valence-corrected chi connectivity index (χ3v) is 11.7. The summed E-state index contributed by atoms with van der Waals surface area (Å²) in [7, 11) is 0. The van der Waals surface area contributed by atoms with Gasteiger partial charge in [-0.25, -0.2) is 0 Å². The van der Waals surface area contributed by atoms with Gasteiger partial charge in [0.15, 0.2) is 0 Å². The van der Waals surface area contributed by atoms with Crippen molar-refractivity contribution in [2.75, 3.05) is 0 Å². The molecule has 2 heterocycles. The summed E-state index contributed by atoms with van der Waals surface area (Å²) in [4.78, 5) is 0. The van der Waals surface area contributed by atoms with Crippen molar-refractivity contribution in [1.29, 1.82) is 0 Å². The van der Waals surface area contributed by atoms with E-state index in [1.54, 1.807) is 0 Å². The van der Waals surface area contributed by atoms with E-state index in [0.717, 1.165) is 0 Å². The van der Waals surface area contributed by atoms with Crippen molar-refractivity contribution in [3.05, 3.63) is 146 Å². The smallest absolute Gasteiger partial charge is 0.0434 e. The van der Waals surface area contributed by atoms with Crippen molar-refractivity contribution in [2.24, 2.45) is 0 Å². The van der Waals surface area contributed by atoms with Gasteiger partial charge in [-0.15, -0.1) is 22.7 Å². The van der Waals surface area contributed by atoms with Crippen LogP contribution >= 0.6 is 22.7 Å². The van der Waals surface area contributed by atoms with Gasteiger partial charge in [0.1, 0.15) is 0 Å². The molecule has 0 bridgehead atoms. The molecule has 44 heavy (non-hydrogen) atoms. The van der Waals surface area contributed by atoms with Crippen molar-refractivity contribution < 1.29 is 0 Å². The summed E-state index contributed by atoms with van der Waals surface area (Å²) in [5.41, 5.74) is 5.21. The average molecular weight is 593 g/mol. The molecule has 0 saturated heterocycles. The molecule has 10 aromatic rings. The van der Waals surface area contributed by atoms with Crippen LogP contribution in [0.2, 0.25) is 0 Å². The van der Waals surface area contributed by atoms with Gasteiger partial charge in [-0.1, -0.05) is 133 Å². The van der Waals surface area contributed by atoms with Gasteiger partial charge < -0.3 is 0 Å². The Morgan fingerprint density at radius 2 is 0.591 bits per heavy atom. The lowest BCUT2D eigenvalue weighted by Crippen LogP contribution is -1.90. The van der Waals surface area contributed by atoms with Crippen molar-refractivity contribution >= 4 is 95.3 Å². The zero-order valence-corrected chi connectivity index (χ0v) is 25.3. The molecule has 204 valence electrons. The van der Waals surface area contributed by atoms with E-state index in [9.17, 15) is 0 Å². The fourth-order valence-corrected chi connectivity index (χ4v) is 9.87. The highest BCUT2D eigenvalue weighted by atomic mass is 32.1. The molecule has 8 aromatic carbocycles. The zero-order valence-electron chi connectivity index (χ0n) is 23.7. The van der Waals surface area contributed by atoms with E-state index in [1.807, 2.05) is 22.7 Å². The van der Waals surface area contributed by atoms with Gasteiger partial charge in [0.25, 0.3) is 0 Å². The van der Waals surface area contributed by atoms with Gasteiger partial charge in [-0.3, -0.25) is 0 Å². The molecule has 2 aromatic heterocycles. The van der Waals surface area contributed by atoms with E-state index in [0.29, 0.717) is 0 Å². The summed E-state index contributed by atoms with van der Waals surface area (Å²) in [6, 6.07) is 54.0. The van der Waals surface area contributed by atoms with E-state index in [-0.39, 0.29) is 0 Å². The summed E-state index contributed by atoms with van der Waals surface area (Å²) >= 11 is 3.81. The van der Waals surface area contributed by atoms with E-state index < -0.39 is 0 Å². The van der Waals surface area contributed by atoms with Crippen LogP contribution in [0.4, 0.5) is 0 Å². The van der Waals surface area contributed by atoms with Gasteiger partial charge >= 0.3 is 0 Å². The van der Waals surface area contributed by atoms with Crippen LogP contribution in [-0.2, 0) is 0 Å². The first-order valence-corrected chi connectivity index (χ1v) is 16.7. The molecule has 0 unspecified atom stereocenters. The number of hydrogen-bond acceptors (Lipinski definition) is 2. The largest absolute Gasteiger partial charge is 0.135 e. The average Bonchev–Trinajstić information content (AvgIpc) is 3.66. The molecule has 0 spiro atoms. The first-order chi connectivity index (χ1) is 21.8. The minimum absolute atomic E-state index is 1.30. The third kappa shape index (κ3) is 3.33. The summed E-state index contributed by atoms with van der Waals surface area (Å²) in [6.45, 7) is 0. The van der Waals surface area contributed by atoms with Crippen molar-refractivity contribution in [3.8, 4) is 22.3 Å². The number of hydrogen-bond donors (Lipinski definition) is 0. The van der Waals surface area contributed by atoms with Crippen LogP contribution < -0.4 is 0 Å². The molecule has 0 nitrogen and oxygen atoms in total. The number of rotatable bonds is 2. The van der Waals surface area contributed by atoms with E-state index in [1.165, 1.54) is 94.9 Å². The molecular formula is C42H24S2. The van der Waals surface area contributed by atoms with Gasteiger partial charge in [0.05, 0.1) is 0 Å². The summed E-state index contributed by atoms with van der Waals surface area (Å²) in [5.74, 6) is 0. The maximum Gasteiger partial charge on any atom is 0.0434 e. The van der Waals surface area contributed by atoms with Crippen LogP contribution in [0.5, 0.6) is 0 Å². The lowest BCUT2D eigenvalue weighted by atomic mass is 9.86. The normalized spacial score (nSPS) is 12.1. The second-order valence-electron chi connectivity index (χ2n) is 11.6. The second kappa shape index (κ2) is 9.24. The molecule has 0 aliphatic rings. The molecule has 0 aliphatic heterocycles. The highest BCUT2D eigenvalue weighted by Gasteiger charge is 2.20. The molecular weight excluding hydrogens is 569 g/mol. The Morgan fingerprint density at radius 3 is 1.05 bits per heavy atom. The topological polar surface area (TPSA) is 0 Å². The lowest BCUT2D eigenvalue weighted by molar-refractivity contribution is 1.72. The number of fused-ring (bicyclic) bond motifs is 12. The molecule has 0 aliphatic carbocycles. The van der Waals surface area contributed by atoms with E-state index >= 15 is 0 Å². The molecule has 0 amide bonds. The molecule has 0 radical (unpaired) electrons. The molecule has 0 atom stereocenters. The quantitative estimate of drug-likeness (QED) is 0.175. The Morgan fingerprint density at radius 1 is 0.250 bits per heavy atom. The molecule has 2 heteroatoms. The SMILES string of the molecule is c1ccc2c(c1)sc1c(-c3cccc4c5ccccc5c5cccc(-c6cccc7c6sc6ccccc67)c5c34)cccc12. The predicted molar refractivity (Wildman–Crippen MR) is 196 cm³/mol. The highest BCUT2D eigenvalue weighted by molar-refractivity contribution is 7.26. The van der Waals surface area contributed by atoms with Gasteiger partial charge in [0, 0.05) is 51.5 Å². The Hall–Kier alpha value is -5.02. The van der Waals surface area contributed by atoms with Crippen molar-refractivity contribution in [2.45, 2.75) is 0 Å². The van der Waals surface area contributed by atoms with Crippen molar-refractivity contribution in [1.82, 2.24) is 0 Å². The maximum atomic E-state index is 2.34. The van der Waals surface area contributed by atoms with E-state index in [2.05, 4.69) is 146 Å². The predicted octanol–water partition coefficient (Wildman–Crippen LogP) is 13.2. The number of benzene rings is 8. The van der Waals surface area contributed by atoms with Crippen LogP contribution in [0.15, 0.2) is 146 Å². The molecule has 10 rings (SSSR count). The van der Waals surface area contributed by atoms with Crippen LogP contribution in [0.25, 0.3) is 94.9 Å². The van der Waals surface area contributed by atoms with Crippen LogP contribution in [0.1, 0.15) is 0 Å². The second-order valence-corrected chi connectivity index (χ2v) is 13.7. The zero-order chi connectivity index (χ0) is 28.8. The van der Waals surface area contributed by atoms with Gasteiger partial charge in [-0.05, 0) is 55.6 Å². The number of thiophene rings is 2. The Kier molecular flexibility index (Phi) is 5.13. The monoisotopic (exact) mass is 592 g/mol. The fourth-order valence-electron chi connectivity index (χ4n) is 7.41. The molecule has 0 saturated carbocycles. The summed E-state index contributed by atoms with van der Waals surface area (Å²) in [6.07, 6.45) is 0. The Balaban J connectivity index is 1.41. The van der Waals surface area contributed by atoms with Gasteiger partial charge in [-0.2, -0.15) is 0 Å². The molecule has 0 N–H and O–H groups in total. The summed E-state index contributed by atoms with van der Waals surface area (Å²) < 4.78 is 5.38. The first-order valence-electron chi connectivity index (χ1n) is 15.0. The summed E-state index contributed by atoms with van der Waals surface area (Å²) in [5, 5.41) is 13.2. The van der Waals surface area contributed by atoms with Crippen LogP contribution in [-0.4, -0.2) is 0 Å². The van der Waals surface area contributed by atoms with E-state index in [4.69, 9.17) is 0 Å². The standard InChI is InChI=1S/C42H24S2/c1-2-12-26-25(11-1)29-15-7-17-31(35-21-9-19-33-27-13-3-5-23-37(27)43-41(33)35)39(29)40-30(26)16-8-18-32(40)36-22-10-20-34-28-14-4-6-24-38(28)44-42(34)36/h1-24H. The minimum Gasteiger partial charge on any atom is -0.135 e. The van der Waals surface area contributed by atoms with Crippen LogP contribution in [0.3, 0.4) is 0 Å². The maximum absolute atomic E-state index is 2.34. The fraction of sp³-hybridized carbons (Fsp3) is 0. The van der Waals surface area contributed by atoms with Gasteiger partial charge in [0.2, 0.25) is 0 Å². The lowest BCUT2D eigenvalue weighted by Gasteiger charge is -2.18.